The van der Waals surface area contributed by atoms with Gasteiger partial charge in [0.25, 0.3) is 0 Å². The van der Waals surface area contributed by atoms with Crippen LogP contribution in [0.15, 0.2) is 35.6 Å². The van der Waals surface area contributed by atoms with Crippen LogP contribution in [0.3, 0.4) is 0 Å². The molecule has 1 aliphatic carbocycles. The monoisotopic (exact) mass is 392 g/mol. The number of nitrogens with one attached hydrogen (secondary N) is 2. The van der Waals surface area contributed by atoms with Crippen molar-refractivity contribution in [1.82, 2.24) is 20.4 Å². The Labute approximate surface area is 167 Å². The fourth-order valence-corrected chi connectivity index (χ4v) is 3.47. The number of hydrogen-bond donors (Lipinski definition) is 4. The highest BCUT2D eigenvalue weighted by Crippen LogP contribution is 2.29. The lowest BCUT2D eigenvalue weighted by molar-refractivity contribution is -0.126. The van der Waals surface area contributed by atoms with Crippen LogP contribution in [0.1, 0.15) is 33.6 Å². The van der Waals surface area contributed by atoms with E-state index in [0.29, 0.717) is 18.3 Å². The zero-order valence-electron chi connectivity index (χ0n) is 17.0. The molecule has 7 nitrogen and oxygen atoms in total. The van der Waals surface area contributed by atoms with Crippen molar-refractivity contribution < 1.29 is 9.18 Å². The Kier molecular flexibility index (Phi) is 8.01. The SMILES string of the molecule is C=C=C(F)CN(C(=C=CC)C(C(=O)NC1CNCN1C1CC1)C(N)N)C(C)C. The molecule has 2 atom stereocenters. The average molecular weight is 393 g/mol. The molecule has 0 spiro atoms. The number of nitrogens with two attached hydrogens (primary N) is 2. The molecule has 0 aromatic rings. The number of nitrogens with zero attached hydrogens (tertiary/aromatic N) is 2. The summed E-state index contributed by atoms with van der Waals surface area (Å²) in [6.45, 7) is 10.3. The molecule has 8 heteroatoms. The van der Waals surface area contributed by atoms with E-state index in [1.165, 1.54) is 0 Å². The first-order valence-corrected chi connectivity index (χ1v) is 9.80. The summed E-state index contributed by atoms with van der Waals surface area (Å²) in [6.07, 6.45) is 2.91. The van der Waals surface area contributed by atoms with Gasteiger partial charge in [-0.05, 0) is 39.7 Å². The number of halogens is 1. The van der Waals surface area contributed by atoms with Crippen LogP contribution < -0.4 is 22.1 Å². The van der Waals surface area contributed by atoms with Crippen LogP contribution in [0.4, 0.5) is 4.39 Å². The largest absolute Gasteiger partial charge is 0.358 e. The highest BCUT2D eigenvalue weighted by Gasteiger charge is 2.40. The lowest BCUT2D eigenvalue weighted by atomic mass is 9.98. The van der Waals surface area contributed by atoms with Gasteiger partial charge in [0.2, 0.25) is 5.91 Å². The van der Waals surface area contributed by atoms with Gasteiger partial charge in [-0.25, -0.2) is 4.39 Å². The molecule has 1 saturated heterocycles. The van der Waals surface area contributed by atoms with E-state index in [4.69, 9.17) is 11.5 Å². The Morgan fingerprint density at radius 1 is 1.46 bits per heavy atom. The predicted molar refractivity (Wildman–Crippen MR) is 108 cm³/mol. The first kappa shape index (κ1) is 22.4. The quantitative estimate of drug-likeness (QED) is 0.341. The molecule has 2 fully saturated rings. The van der Waals surface area contributed by atoms with E-state index in [1.807, 2.05) is 13.8 Å². The van der Waals surface area contributed by atoms with Crippen molar-refractivity contribution in [3.63, 3.8) is 0 Å². The van der Waals surface area contributed by atoms with Gasteiger partial charge in [-0.3, -0.25) is 9.69 Å². The van der Waals surface area contributed by atoms with E-state index < -0.39 is 17.9 Å². The van der Waals surface area contributed by atoms with Crippen molar-refractivity contribution in [1.29, 1.82) is 0 Å². The van der Waals surface area contributed by atoms with Gasteiger partial charge in [-0.1, -0.05) is 12.3 Å². The van der Waals surface area contributed by atoms with Crippen molar-refractivity contribution in [3.8, 4) is 0 Å². The van der Waals surface area contributed by atoms with Gasteiger partial charge in [-0.15, -0.1) is 5.73 Å². The van der Waals surface area contributed by atoms with Crippen LogP contribution in [-0.4, -0.2) is 59.9 Å². The second kappa shape index (κ2) is 10.0. The molecule has 2 rings (SSSR count). The van der Waals surface area contributed by atoms with E-state index >= 15 is 0 Å². The second-order valence-electron chi connectivity index (χ2n) is 7.56. The molecule has 1 heterocycles. The molecule has 156 valence electrons. The third-order valence-electron chi connectivity index (χ3n) is 5.05. The highest BCUT2D eigenvalue weighted by molar-refractivity contribution is 5.82. The fourth-order valence-electron chi connectivity index (χ4n) is 3.47. The Morgan fingerprint density at radius 3 is 2.64 bits per heavy atom. The summed E-state index contributed by atoms with van der Waals surface area (Å²) in [5.74, 6) is -1.67. The molecule has 1 aliphatic heterocycles. The molecule has 0 bridgehead atoms. The summed E-state index contributed by atoms with van der Waals surface area (Å²) < 4.78 is 14.0. The summed E-state index contributed by atoms with van der Waals surface area (Å²) in [4.78, 5) is 17.1. The van der Waals surface area contributed by atoms with Gasteiger partial charge in [0.05, 0.1) is 31.2 Å². The van der Waals surface area contributed by atoms with Gasteiger partial charge in [0.15, 0.2) is 5.83 Å². The van der Waals surface area contributed by atoms with Crippen LogP contribution >= 0.6 is 0 Å². The molecule has 28 heavy (non-hydrogen) atoms. The standard InChI is InChI=1S/C20H33FN6O/c1-5-7-16(26(13(3)4)11-14(21)6-2)18(19(22)23)20(28)25-17-10-24-12-27(17)15-8-9-15/h5,13,15,17-19,24H,2,8-12,22-23H2,1,3-4H3,(H,25,28). The molecule has 2 aliphatic rings. The van der Waals surface area contributed by atoms with E-state index in [0.717, 1.165) is 19.5 Å². The van der Waals surface area contributed by atoms with E-state index in [-0.39, 0.29) is 24.7 Å². The molecular weight excluding hydrogens is 359 g/mol. The molecule has 0 radical (unpaired) electrons. The van der Waals surface area contributed by atoms with Crippen molar-refractivity contribution in [2.45, 2.75) is 58.0 Å². The van der Waals surface area contributed by atoms with Crippen LogP contribution in [0.5, 0.6) is 0 Å². The lowest BCUT2D eigenvalue weighted by Crippen LogP contribution is -2.55. The summed E-state index contributed by atoms with van der Waals surface area (Å²) in [5, 5.41) is 6.35. The number of rotatable bonds is 9. The third kappa shape index (κ3) is 5.55. The van der Waals surface area contributed by atoms with Crippen LogP contribution in [-0.2, 0) is 4.79 Å². The van der Waals surface area contributed by atoms with Crippen molar-refractivity contribution in [3.05, 3.63) is 35.6 Å². The van der Waals surface area contributed by atoms with Gasteiger partial charge in [0.1, 0.15) is 5.92 Å². The first-order chi connectivity index (χ1) is 13.3. The highest BCUT2D eigenvalue weighted by atomic mass is 19.1. The van der Waals surface area contributed by atoms with Crippen molar-refractivity contribution >= 4 is 5.91 Å². The van der Waals surface area contributed by atoms with Crippen LogP contribution in [0.25, 0.3) is 0 Å². The minimum atomic E-state index is -0.955. The summed E-state index contributed by atoms with van der Waals surface area (Å²) in [5.41, 5.74) is 17.8. The fraction of sp³-hybridized carbons (Fsp3) is 0.650. The van der Waals surface area contributed by atoms with Crippen LogP contribution in [0, 0.1) is 5.92 Å². The number of hydrogen-bond acceptors (Lipinski definition) is 6. The summed E-state index contributed by atoms with van der Waals surface area (Å²) in [7, 11) is 0. The maximum absolute atomic E-state index is 14.0. The minimum Gasteiger partial charge on any atom is -0.358 e. The lowest BCUT2D eigenvalue weighted by Gasteiger charge is -2.35. The van der Waals surface area contributed by atoms with E-state index in [2.05, 4.69) is 33.6 Å². The van der Waals surface area contributed by atoms with Crippen molar-refractivity contribution in [2.24, 2.45) is 17.4 Å². The predicted octanol–water partition coefficient (Wildman–Crippen LogP) is 0.721. The molecular formula is C20H33FN6O. The number of carbonyl (C=O) groups is 1. The molecule has 6 N–H and O–H groups in total. The summed E-state index contributed by atoms with van der Waals surface area (Å²) in [6, 6.07) is 0.404. The Balaban J connectivity index is 2.27. The zero-order chi connectivity index (χ0) is 20.8. The van der Waals surface area contributed by atoms with Gasteiger partial charge in [-0.2, -0.15) is 0 Å². The smallest absolute Gasteiger partial charge is 0.233 e. The van der Waals surface area contributed by atoms with Crippen LogP contribution in [0.2, 0.25) is 0 Å². The maximum atomic E-state index is 14.0. The Bertz CT molecular complexity index is 674. The second-order valence-corrected chi connectivity index (χ2v) is 7.56. The van der Waals surface area contributed by atoms with Gasteiger partial charge in [0, 0.05) is 18.6 Å². The Hall–Kier alpha value is -1.92. The van der Waals surface area contributed by atoms with Gasteiger partial charge < -0.3 is 27.0 Å². The third-order valence-corrected chi connectivity index (χ3v) is 5.05. The molecule has 1 amide bonds. The Morgan fingerprint density at radius 2 is 2.14 bits per heavy atom. The zero-order valence-corrected chi connectivity index (χ0v) is 17.0. The molecule has 0 aromatic carbocycles. The maximum Gasteiger partial charge on any atom is 0.233 e. The average Bonchev–Trinajstić information content (AvgIpc) is 3.38. The molecule has 1 saturated carbocycles. The van der Waals surface area contributed by atoms with E-state index in [9.17, 15) is 9.18 Å². The normalized spacial score (nSPS) is 20.5. The number of amides is 1. The van der Waals surface area contributed by atoms with Gasteiger partial charge >= 0.3 is 0 Å². The summed E-state index contributed by atoms with van der Waals surface area (Å²) >= 11 is 0. The first-order valence-electron chi connectivity index (χ1n) is 9.80. The molecule has 0 aromatic heterocycles. The van der Waals surface area contributed by atoms with Crippen molar-refractivity contribution in [2.75, 3.05) is 19.8 Å². The topological polar surface area (TPSA) is 99.7 Å². The minimum absolute atomic E-state index is 0.0764. The van der Waals surface area contributed by atoms with E-state index in [1.54, 1.807) is 17.9 Å². The molecule has 2 unspecified atom stereocenters. The number of carbonyl (C=O) groups excluding carboxylic acids is 1.